The summed E-state index contributed by atoms with van der Waals surface area (Å²) in [6.45, 7) is 1.32. The minimum atomic E-state index is -0.443. The number of halogens is 1. The molecular formula is C14H19FN2O2. The molecule has 0 aliphatic carbocycles. The maximum Gasteiger partial charge on any atom is 0.260 e. The van der Waals surface area contributed by atoms with Crippen molar-refractivity contribution in [3.8, 4) is 5.75 Å². The van der Waals surface area contributed by atoms with Gasteiger partial charge in [-0.1, -0.05) is 12.1 Å². The van der Waals surface area contributed by atoms with E-state index < -0.39 is 5.82 Å². The van der Waals surface area contributed by atoms with Crippen molar-refractivity contribution in [2.24, 2.45) is 0 Å². The summed E-state index contributed by atoms with van der Waals surface area (Å²) in [7, 11) is 1.90. The van der Waals surface area contributed by atoms with Crippen LogP contribution in [-0.2, 0) is 4.79 Å². The smallest absolute Gasteiger partial charge is 0.260 e. The molecule has 0 aromatic heterocycles. The fourth-order valence-electron chi connectivity index (χ4n) is 2.23. The lowest BCUT2D eigenvalue weighted by molar-refractivity contribution is -0.134. The molecule has 19 heavy (non-hydrogen) atoms. The van der Waals surface area contributed by atoms with Crippen LogP contribution in [0.15, 0.2) is 24.3 Å². The zero-order chi connectivity index (χ0) is 13.7. The van der Waals surface area contributed by atoms with Gasteiger partial charge in [-0.25, -0.2) is 4.39 Å². The predicted octanol–water partition coefficient (Wildman–Crippen LogP) is 1.41. The van der Waals surface area contributed by atoms with Gasteiger partial charge in [0.05, 0.1) is 0 Å². The molecule has 1 heterocycles. The Kier molecular flexibility index (Phi) is 4.74. The quantitative estimate of drug-likeness (QED) is 0.896. The van der Waals surface area contributed by atoms with Crippen molar-refractivity contribution >= 4 is 5.91 Å². The van der Waals surface area contributed by atoms with E-state index in [0.717, 1.165) is 19.4 Å². The SMILES string of the molecule is CN[C@H]1CCCN(C(=O)COc2ccccc2F)C1. The van der Waals surface area contributed by atoms with Crippen molar-refractivity contribution in [1.82, 2.24) is 10.2 Å². The minimum absolute atomic E-state index is 0.0943. The highest BCUT2D eigenvalue weighted by atomic mass is 19.1. The topological polar surface area (TPSA) is 41.6 Å². The van der Waals surface area contributed by atoms with Crippen molar-refractivity contribution in [2.45, 2.75) is 18.9 Å². The second-order valence-corrected chi connectivity index (χ2v) is 4.69. The lowest BCUT2D eigenvalue weighted by Gasteiger charge is -2.32. The summed E-state index contributed by atoms with van der Waals surface area (Å²) < 4.78 is 18.6. The summed E-state index contributed by atoms with van der Waals surface area (Å²) in [6.07, 6.45) is 2.06. The molecular weight excluding hydrogens is 247 g/mol. The van der Waals surface area contributed by atoms with Gasteiger partial charge in [-0.15, -0.1) is 0 Å². The fraction of sp³-hybridized carbons (Fsp3) is 0.500. The molecule has 0 radical (unpaired) electrons. The molecule has 1 atom stereocenters. The van der Waals surface area contributed by atoms with E-state index in [2.05, 4.69) is 5.32 Å². The number of likely N-dealkylation sites (tertiary alicyclic amines) is 1. The monoisotopic (exact) mass is 266 g/mol. The maximum atomic E-state index is 13.3. The van der Waals surface area contributed by atoms with Crippen LogP contribution in [0.1, 0.15) is 12.8 Å². The number of nitrogens with one attached hydrogen (secondary N) is 1. The Morgan fingerprint density at radius 2 is 2.32 bits per heavy atom. The van der Waals surface area contributed by atoms with Gasteiger partial charge in [-0.05, 0) is 32.0 Å². The molecule has 1 aliphatic rings. The van der Waals surface area contributed by atoms with E-state index in [0.29, 0.717) is 12.6 Å². The molecule has 104 valence electrons. The van der Waals surface area contributed by atoms with E-state index in [9.17, 15) is 9.18 Å². The Labute approximate surface area is 112 Å². The third-order valence-corrected chi connectivity index (χ3v) is 3.37. The molecule has 1 fully saturated rings. The lowest BCUT2D eigenvalue weighted by atomic mass is 10.1. The first-order valence-corrected chi connectivity index (χ1v) is 6.53. The molecule has 2 rings (SSSR count). The largest absolute Gasteiger partial charge is 0.481 e. The average Bonchev–Trinajstić information content (AvgIpc) is 2.46. The van der Waals surface area contributed by atoms with Gasteiger partial charge in [-0.3, -0.25) is 4.79 Å². The standard InChI is InChI=1S/C14H19FN2O2/c1-16-11-5-4-8-17(9-11)14(18)10-19-13-7-3-2-6-12(13)15/h2-3,6-7,11,16H,4-5,8-10H2,1H3/t11-/m0/s1. The van der Waals surface area contributed by atoms with Crippen LogP contribution in [0.5, 0.6) is 5.75 Å². The van der Waals surface area contributed by atoms with Crippen molar-refractivity contribution < 1.29 is 13.9 Å². The van der Waals surface area contributed by atoms with Crippen molar-refractivity contribution in [3.05, 3.63) is 30.1 Å². The molecule has 0 saturated carbocycles. The number of hydrogen-bond donors (Lipinski definition) is 1. The van der Waals surface area contributed by atoms with Crippen molar-refractivity contribution in [2.75, 3.05) is 26.7 Å². The molecule has 1 aliphatic heterocycles. The van der Waals surface area contributed by atoms with Crippen molar-refractivity contribution in [1.29, 1.82) is 0 Å². The van der Waals surface area contributed by atoms with Gasteiger partial charge >= 0.3 is 0 Å². The highest BCUT2D eigenvalue weighted by Gasteiger charge is 2.22. The van der Waals surface area contributed by atoms with Crippen LogP contribution in [0.25, 0.3) is 0 Å². The number of piperidine rings is 1. The molecule has 1 N–H and O–H groups in total. The van der Waals surface area contributed by atoms with Crippen LogP contribution in [-0.4, -0.2) is 43.6 Å². The second kappa shape index (κ2) is 6.52. The third kappa shape index (κ3) is 3.67. The number of para-hydroxylation sites is 1. The Hall–Kier alpha value is -1.62. The molecule has 1 amide bonds. The van der Waals surface area contributed by atoms with Crippen molar-refractivity contribution in [3.63, 3.8) is 0 Å². The van der Waals surface area contributed by atoms with Crippen LogP contribution in [0.4, 0.5) is 4.39 Å². The fourth-order valence-corrected chi connectivity index (χ4v) is 2.23. The minimum Gasteiger partial charge on any atom is -0.481 e. The van der Waals surface area contributed by atoms with Crippen LogP contribution < -0.4 is 10.1 Å². The number of carbonyl (C=O) groups excluding carboxylic acids is 1. The number of rotatable bonds is 4. The van der Waals surface area contributed by atoms with Crippen LogP contribution in [0.2, 0.25) is 0 Å². The van der Waals surface area contributed by atoms with Gasteiger partial charge in [0, 0.05) is 19.1 Å². The number of ether oxygens (including phenoxy) is 1. The summed E-state index contributed by atoms with van der Waals surface area (Å²) in [5.74, 6) is -0.414. The Balaban J connectivity index is 1.86. The first kappa shape index (κ1) is 13.8. The number of benzene rings is 1. The van der Waals surface area contributed by atoms with Gasteiger partial charge in [0.2, 0.25) is 0 Å². The Morgan fingerprint density at radius 3 is 3.05 bits per heavy atom. The number of hydrogen-bond acceptors (Lipinski definition) is 3. The lowest BCUT2D eigenvalue weighted by Crippen LogP contribution is -2.48. The molecule has 1 aromatic rings. The summed E-state index contributed by atoms with van der Waals surface area (Å²) in [5, 5.41) is 3.18. The van der Waals surface area contributed by atoms with Gasteiger partial charge in [-0.2, -0.15) is 0 Å². The summed E-state index contributed by atoms with van der Waals surface area (Å²) in [4.78, 5) is 13.8. The normalized spacial score (nSPS) is 19.3. The summed E-state index contributed by atoms with van der Waals surface area (Å²) >= 11 is 0. The van der Waals surface area contributed by atoms with Gasteiger partial charge in [0.25, 0.3) is 5.91 Å². The highest BCUT2D eigenvalue weighted by molar-refractivity contribution is 5.77. The first-order chi connectivity index (χ1) is 9.20. The van der Waals surface area contributed by atoms with E-state index in [1.165, 1.54) is 12.1 Å². The average molecular weight is 266 g/mol. The highest BCUT2D eigenvalue weighted by Crippen LogP contribution is 2.16. The Bertz CT molecular complexity index is 439. The zero-order valence-electron chi connectivity index (χ0n) is 11.1. The molecule has 0 unspecified atom stereocenters. The van der Waals surface area contributed by atoms with Gasteiger partial charge in [0.15, 0.2) is 18.2 Å². The van der Waals surface area contributed by atoms with Crippen LogP contribution >= 0.6 is 0 Å². The predicted molar refractivity (Wildman–Crippen MR) is 70.6 cm³/mol. The number of likely N-dealkylation sites (N-methyl/N-ethyl adjacent to an activating group) is 1. The first-order valence-electron chi connectivity index (χ1n) is 6.53. The van der Waals surface area contributed by atoms with E-state index in [-0.39, 0.29) is 18.3 Å². The Morgan fingerprint density at radius 1 is 1.53 bits per heavy atom. The number of amides is 1. The van der Waals surface area contributed by atoms with E-state index in [1.54, 1.807) is 17.0 Å². The van der Waals surface area contributed by atoms with Gasteiger partial charge in [0.1, 0.15) is 0 Å². The van der Waals surface area contributed by atoms with Gasteiger partial charge < -0.3 is 15.0 Å². The molecule has 1 aromatic carbocycles. The van der Waals surface area contributed by atoms with Crippen LogP contribution in [0.3, 0.4) is 0 Å². The zero-order valence-corrected chi connectivity index (χ0v) is 11.1. The molecule has 4 nitrogen and oxygen atoms in total. The van der Waals surface area contributed by atoms with E-state index in [4.69, 9.17) is 4.74 Å². The van der Waals surface area contributed by atoms with Crippen LogP contribution in [0, 0.1) is 5.82 Å². The summed E-state index contributed by atoms with van der Waals surface area (Å²) in [6, 6.07) is 6.45. The molecule has 0 spiro atoms. The van der Waals surface area contributed by atoms with E-state index >= 15 is 0 Å². The van der Waals surface area contributed by atoms with E-state index in [1.807, 2.05) is 7.05 Å². The molecule has 1 saturated heterocycles. The number of carbonyl (C=O) groups is 1. The number of nitrogens with zero attached hydrogens (tertiary/aromatic N) is 1. The molecule has 5 heteroatoms. The second-order valence-electron chi connectivity index (χ2n) is 4.69. The third-order valence-electron chi connectivity index (χ3n) is 3.37. The maximum absolute atomic E-state index is 13.3. The molecule has 0 bridgehead atoms. The summed E-state index contributed by atoms with van der Waals surface area (Å²) in [5.41, 5.74) is 0.